The molecule has 64 valence electrons. The molecule has 2 atom stereocenters. The summed E-state index contributed by atoms with van der Waals surface area (Å²) in [6, 6.07) is 1.01. The minimum Gasteiger partial charge on any atom is -0.352 e. The third-order valence-corrected chi connectivity index (χ3v) is 2.50. The highest BCUT2D eigenvalue weighted by Crippen LogP contribution is 2.09. The molecule has 1 saturated heterocycles. The summed E-state index contributed by atoms with van der Waals surface area (Å²) >= 11 is 9.18. The van der Waals surface area contributed by atoms with Gasteiger partial charge in [-0.3, -0.25) is 0 Å². The van der Waals surface area contributed by atoms with Crippen LogP contribution in [-0.4, -0.2) is 34.4 Å². The van der Waals surface area contributed by atoms with E-state index < -0.39 is 0 Å². The predicted octanol–water partition coefficient (Wildman–Crippen LogP) is 0.883. The van der Waals surface area contributed by atoms with Crippen LogP contribution in [0, 0.1) is 0 Å². The fourth-order valence-electron chi connectivity index (χ4n) is 1.29. The largest absolute Gasteiger partial charge is 0.352 e. The fraction of sp³-hybridized carbons (Fsp3) is 0.857. The van der Waals surface area contributed by atoms with E-state index in [-0.39, 0.29) is 0 Å². The highest BCUT2D eigenvalue weighted by molar-refractivity contribution is 8.10. The molecule has 0 aromatic rings. The van der Waals surface area contributed by atoms with E-state index in [4.69, 9.17) is 12.2 Å². The number of hydrogen-bond donors (Lipinski definition) is 2. The number of nitrogens with zero attached hydrogens (tertiary/aromatic N) is 1. The Kier molecular flexibility index (Phi) is 3.16. The topological polar surface area (TPSA) is 15.3 Å². The molecular formula is C7H14N2S2. The zero-order chi connectivity index (χ0) is 8.43. The monoisotopic (exact) mass is 190 g/mol. The van der Waals surface area contributed by atoms with Crippen LogP contribution in [0.4, 0.5) is 0 Å². The Morgan fingerprint density at radius 2 is 2.27 bits per heavy atom. The lowest BCUT2D eigenvalue weighted by Crippen LogP contribution is -2.54. The van der Waals surface area contributed by atoms with Gasteiger partial charge in [-0.25, -0.2) is 0 Å². The molecule has 1 fully saturated rings. The van der Waals surface area contributed by atoms with E-state index in [9.17, 15) is 0 Å². The summed E-state index contributed by atoms with van der Waals surface area (Å²) in [7, 11) is 0. The lowest BCUT2D eigenvalue weighted by atomic mass is 10.2. The van der Waals surface area contributed by atoms with E-state index in [0.29, 0.717) is 16.4 Å². The van der Waals surface area contributed by atoms with Crippen molar-refractivity contribution in [2.75, 3.05) is 13.1 Å². The van der Waals surface area contributed by atoms with Gasteiger partial charge in [0.15, 0.2) is 0 Å². The highest BCUT2D eigenvalue weighted by Gasteiger charge is 2.22. The summed E-state index contributed by atoms with van der Waals surface area (Å²) in [6.45, 7) is 6.29. The van der Waals surface area contributed by atoms with E-state index >= 15 is 0 Å². The van der Waals surface area contributed by atoms with Gasteiger partial charge in [0.05, 0.1) is 0 Å². The van der Waals surface area contributed by atoms with Gasteiger partial charge >= 0.3 is 0 Å². The highest BCUT2D eigenvalue weighted by atomic mass is 32.1. The molecule has 0 spiro atoms. The molecule has 1 N–H and O–H groups in total. The van der Waals surface area contributed by atoms with Crippen LogP contribution in [-0.2, 0) is 0 Å². The second kappa shape index (κ2) is 3.74. The van der Waals surface area contributed by atoms with E-state index in [1.54, 1.807) is 0 Å². The van der Waals surface area contributed by atoms with Gasteiger partial charge in [0.25, 0.3) is 0 Å². The number of hydrogen-bond acceptors (Lipinski definition) is 2. The second-order valence-electron chi connectivity index (χ2n) is 3.09. The molecule has 0 aliphatic carbocycles. The first-order chi connectivity index (χ1) is 5.11. The SMILES string of the molecule is C[C@H]1CN(C(=S)S)[C@@H](C)CN1. The van der Waals surface area contributed by atoms with E-state index in [1.165, 1.54) is 0 Å². The molecule has 1 rings (SSSR count). The van der Waals surface area contributed by atoms with Crippen molar-refractivity contribution in [3.8, 4) is 0 Å². The predicted molar refractivity (Wildman–Crippen MR) is 55.2 cm³/mol. The summed E-state index contributed by atoms with van der Waals surface area (Å²) in [4.78, 5) is 2.15. The maximum Gasteiger partial charge on any atom is 0.133 e. The summed E-state index contributed by atoms with van der Waals surface area (Å²) in [5, 5.41) is 3.38. The molecule has 0 bridgehead atoms. The molecule has 0 unspecified atom stereocenters. The van der Waals surface area contributed by atoms with Crippen LogP contribution in [0.15, 0.2) is 0 Å². The lowest BCUT2D eigenvalue weighted by molar-refractivity contribution is 0.242. The van der Waals surface area contributed by atoms with E-state index in [1.807, 2.05) is 0 Å². The average Bonchev–Trinajstić information content (AvgIpc) is 1.94. The molecule has 0 aromatic heterocycles. The number of nitrogens with one attached hydrogen (secondary N) is 1. The van der Waals surface area contributed by atoms with Crippen LogP contribution < -0.4 is 5.32 Å². The molecule has 4 heteroatoms. The minimum absolute atomic E-state index is 0.483. The third kappa shape index (κ3) is 2.32. The zero-order valence-corrected chi connectivity index (χ0v) is 8.58. The Labute approximate surface area is 78.7 Å². The van der Waals surface area contributed by atoms with Gasteiger partial charge < -0.3 is 10.2 Å². The van der Waals surface area contributed by atoms with Crippen molar-refractivity contribution in [2.45, 2.75) is 25.9 Å². The first kappa shape index (κ1) is 9.29. The van der Waals surface area contributed by atoms with Crippen LogP contribution in [0.25, 0.3) is 0 Å². The normalized spacial score (nSPS) is 32.1. The van der Waals surface area contributed by atoms with Gasteiger partial charge in [-0.15, -0.1) is 12.6 Å². The van der Waals surface area contributed by atoms with Gasteiger partial charge in [-0.05, 0) is 13.8 Å². The van der Waals surface area contributed by atoms with Gasteiger partial charge in [0.1, 0.15) is 4.32 Å². The lowest BCUT2D eigenvalue weighted by Gasteiger charge is -2.37. The Hall–Kier alpha value is 0.200. The quantitative estimate of drug-likeness (QED) is 0.436. The fourth-order valence-corrected chi connectivity index (χ4v) is 1.82. The van der Waals surface area contributed by atoms with Crippen LogP contribution in [0.3, 0.4) is 0 Å². The standard InChI is InChI=1S/C7H14N2S2/c1-5-4-9(7(10)11)6(2)3-8-5/h5-6,8H,3-4H2,1-2H3,(H,10,11)/t5-,6-/m0/s1. The minimum atomic E-state index is 0.483. The molecule has 1 heterocycles. The van der Waals surface area contributed by atoms with Crippen molar-refractivity contribution in [3.63, 3.8) is 0 Å². The van der Waals surface area contributed by atoms with Crippen molar-refractivity contribution >= 4 is 29.2 Å². The molecule has 0 saturated carbocycles. The van der Waals surface area contributed by atoms with Gasteiger partial charge in [0, 0.05) is 25.2 Å². The summed E-state index contributed by atoms with van der Waals surface area (Å²) in [6.07, 6.45) is 0. The van der Waals surface area contributed by atoms with Gasteiger partial charge in [-0.2, -0.15) is 0 Å². The molecule has 1 aliphatic rings. The molecule has 1 aliphatic heterocycles. The van der Waals surface area contributed by atoms with Gasteiger partial charge in [-0.1, -0.05) is 12.2 Å². The maximum atomic E-state index is 5.01. The van der Waals surface area contributed by atoms with E-state index in [2.05, 4.69) is 36.7 Å². The summed E-state index contributed by atoms with van der Waals surface area (Å²) in [5.41, 5.74) is 0. The van der Waals surface area contributed by atoms with Crippen molar-refractivity contribution in [1.82, 2.24) is 10.2 Å². The number of piperazine rings is 1. The molecular weight excluding hydrogens is 176 g/mol. The molecule has 0 amide bonds. The Bertz CT molecular complexity index is 161. The first-order valence-electron chi connectivity index (χ1n) is 3.84. The smallest absolute Gasteiger partial charge is 0.133 e. The third-order valence-electron chi connectivity index (χ3n) is 2.01. The Morgan fingerprint density at radius 1 is 1.64 bits per heavy atom. The number of thiol groups is 1. The average molecular weight is 190 g/mol. The molecule has 11 heavy (non-hydrogen) atoms. The molecule has 2 nitrogen and oxygen atoms in total. The second-order valence-corrected chi connectivity index (χ2v) is 4.21. The molecule has 0 aromatic carbocycles. The van der Waals surface area contributed by atoms with Crippen molar-refractivity contribution in [3.05, 3.63) is 0 Å². The maximum absolute atomic E-state index is 5.01. The van der Waals surface area contributed by atoms with Crippen molar-refractivity contribution < 1.29 is 0 Å². The number of rotatable bonds is 0. The first-order valence-corrected chi connectivity index (χ1v) is 4.69. The van der Waals surface area contributed by atoms with Crippen molar-refractivity contribution in [1.29, 1.82) is 0 Å². The van der Waals surface area contributed by atoms with Crippen LogP contribution in [0.2, 0.25) is 0 Å². The van der Waals surface area contributed by atoms with Crippen LogP contribution in [0.1, 0.15) is 13.8 Å². The van der Waals surface area contributed by atoms with Crippen molar-refractivity contribution in [2.24, 2.45) is 0 Å². The molecule has 0 radical (unpaired) electrons. The van der Waals surface area contributed by atoms with Gasteiger partial charge in [0.2, 0.25) is 0 Å². The van der Waals surface area contributed by atoms with Crippen LogP contribution >= 0.6 is 24.8 Å². The van der Waals surface area contributed by atoms with E-state index in [0.717, 1.165) is 13.1 Å². The summed E-state index contributed by atoms with van der Waals surface area (Å²) < 4.78 is 0.714. The number of thiocarbonyl (C=S) groups is 1. The summed E-state index contributed by atoms with van der Waals surface area (Å²) in [5.74, 6) is 0. The Balaban J connectivity index is 2.54. The zero-order valence-electron chi connectivity index (χ0n) is 6.87. The Morgan fingerprint density at radius 3 is 2.73 bits per heavy atom. The van der Waals surface area contributed by atoms with Crippen LogP contribution in [0.5, 0.6) is 0 Å².